The summed E-state index contributed by atoms with van der Waals surface area (Å²) in [6.45, 7) is 4.82. The molecule has 1 unspecified atom stereocenters. The highest BCUT2D eigenvalue weighted by Crippen LogP contribution is 2.30. The summed E-state index contributed by atoms with van der Waals surface area (Å²) in [6, 6.07) is 5.02. The molecule has 0 aliphatic carbocycles. The molecule has 140 valence electrons. The van der Waals surface area contributed by atoms with Gasteiger partial charge in [0, 0.05) is 23.1 Å². The molecule has 1 aromatic heterocycles. The van der Waals surface area contributed by atoms with Crippen LogP contribution >= 0.6 is 0 Å². The Hall–Kier alpha value is -2.70. The number of carbonyl (C=O) groups excluding carboxylic acids is 2. The number of aromatic amines is 1. The number of amides is 2. The number of carbonyl (C=O) groups is 2. The molecule has 2 amide bonds. The molecular formula is C19H25N3O4. The van der Waals surface area contributed by atoms with Crippen molar-refractivity contribution < 1.29 is 19.1 Å². The Kier molecular flexibility index (Phi) is 5.06. The van der Waals surface area contributed by atoms with Crippen molar-refractivity contribution in [3.63, 3.8) is 0 Å². The van der Waals surface area contributed by atoms with Crippen LogP contribution in [0.5, 0.6) is 5.75 Å². The molecule has 0 fully saturated rings. The highest BCUT2D eigenvalue weighted by atomic mass is 16.5. The summed E-state index contributed by atoms with van der Waals surface area (Å²) in [5.41, 5.74) is 3.28. The Morgan fingerprint density at radius 3 is 2.69 bits per heavy atom. The number of ether oxygens (including phenoxy) is 2. The van der Waals surface area contributed by atoms with Gasteiger partial charge in [-0.1, -0.05) is 13.8 Å². The molecule has 3 rings (SSSR count). The molecule has 7 nitrogen and oxygen atoms in total. The van der Waals surface area contributed by atoms with Gasteiger partial charge in [0.25, 0.3) is 0 Å². The average molecular weight is 359 g/mol. The summed E-state index contributed by atoms with van der Waals surface area (Å²) in [5.74, 6) is 0.341. The maximum atomic E-state index is 12.6. The smallest absolute Gasteiger partial charge is 0.328 e. The van der Waals surface area contributed by atoms with E-state index in [9.17, 15) is 9.59 Å². The standard InChI is InChI=1S/C19H25N3O4/c1-11(2)17(18(23)26-4)21-19(24)22-8-7-13-14-9-12(25-3)5-6-15(14)20-16(13)10-22/h5-6,9,11,17,20H,7-8,10H2,1-4H3,(H,21,24). The first kappa shape index (κ1) is 18.1. The van der Waals surface area contributed by atoms with Crippen LogP contribution in [0.1, 0.15) is 25.1 Å². The maximum absolute atomic E-state index is 12.6. The monoisotopic (exact) mass is 359 g/mol. The second-order valence-electron chi connectivity index (χ2n) is 6.86. The van der Waals surface area contributed by atoms with Gasteiger partial charge in [0.1, 0.15) is 11.8 Å². The van der Waals surface area contributed by atoms with E-state index in [0.717, 1.165) is 28.8 Å². The van der Waals surface area contributed by atoms with Gasteiger partial charge >= 0.3 is 12.0 Å². The van der Waals surface area contributed by atoms with Crippen molar-refractivity contribution in [1.82, 2.24) is 15.2 Å². The molecule has 1 aromatic carbocycles. The highest BCUT2D eigenvalue weighted by molar-refractivity contribution is 5.87. The molecular weight excluding hydrogens is 334 g/mol. The normalized spacial score (nSPS) is 14.9. The van der Waals surface area contributed by atoms with Gasteiger partial charge in [-0.3, -0.25) is 0 Å². The predicted molar refractivity (Wildman–Crippen MR) is 98.1 cm³/mol. The Morgan fingerprint density at radius 2 is 2.04 bits per heavy atom. The van der Waals surface area contributed by atoms with Crippen LogP contribution in [0, 0.1) is 5.92 Å². The molecule has 0 saturated carbocycles. The van der Waals surface area contributed by atoms with E-state index in [0.29, 0.717) is 13.1 Å². The number of fused-ring (bicyclic) bond motifs is 3. The summed E-state index contributed by atoms with van der Waals surface area (Å²) in [6.07, 6.45) is 0.750. The van der Waals surface area contributed by atoms with E-state index >= 15 is 0 Å². The fraction of sp³-hybridized carbons (Fsp3) is 0.474. The lowest BCUT2D eigenvalue weighted by molar-refractivity contribution is -0.144. The van der Waals surface area contributed by atoms with Crippen LogP contribution in [0.3, 0.4) is 0 Å². The van der Waals surface area contributed by atoms with Crippen LogP contribution in [0.25, 0.3) is 10.9 Å². The minimum atomic E-state index is -0.652. The number of aromatic nitrogens is 1. The average Bonchev–Trinajstić information content (AvgIpc) is 3.01. The van der Waals surface area contributed by atoms with Gasteiger partial charge in [0.05, 0.1) is 20.8 Å². The van der Waals surface area contributed by atoms with Crippen LogP contribution in [0.15, 0.2) is 18.2 Å². The molecule has 0 spiro atoms. The molecule has 0 saturated heterocycles. The third-order valence-electron chi connectivity index (χ3n) is 4.87. The number of methoxy groups -OCH3 is 2. The molecule has 26 heavy (non-hydrogen) atoms. The Morgan fingerprint density at radius 1 is 1.27 bits per heavy atom. The van der Waals surface area contributed by atoms with Crippen LogP contribution in [0.2, 0.25) is 0 Å². The van der Waals surface area contributed by atoms with Gasteiger partial charge in [-0.25, -0.2) is 9.59 Å². The van der Waals surface area contributed by atoms with E-state index in [1.165, 1.54) is 12.7 Å². The largest absolute Gasteiger partial charge is 0.497 e. The van der Waals surface area contributed by atoms with Crippen molar-refractivity contribution in [2.24, 2.45) is 5.92 Å². The molecule has 1 aliphatic rings. The second kappa shape index (κ2) is 7.27. The lowest BCUT2D eigenvalue weighted by Gasteiger charge is -2.29. The van der Waals surface area contributed by atoms with Crippen molar-refractivity contribution in [2.75, 3.05) is 20.8 Å². The van der Waals surface area contributed by atoms with E-state index in [4.69, 9.17) is 9.47 Å². The summed E-state index contributed by atoms with van der Waals surface area (Å²) in [4.78, 5) is 29.6. The predicted octanol–water partition coefficient (Wildman–Crippen LogP) is 2.44. The fourth-order valence-electron chi connectivity index (χ4n) is 3.37. The first-order chi connectivity index (χ1) is 12.4. The van der Waals surface area contributed by atoms with Gasteiger partial charge < -0.3 is 24.7 Å². The van der Waals surface area contributed by atoms with Crippen LogP contribution in [-0.2, 0) is 22.5 Å². The third-order valence-corrected chi connectivity index (χ3v) is 4.87. The lowest BCUT2D eigenvalue weighted by atomic mass is 10.0. The number of urea groups is 1. The minimum absolute atomic E-state index is 0.0488. The quantitative estimate of drug-likeness (QED) is 0.822. The van der Waals surface area contributed by atoms with Crippen LogP contribution in [-0.4, -0.2) is 48.7 Å². The van der Waals surface area contributed by atoms with Gasteiger partial charge in [0.2, 0.25) is 0 Å². The Bertz CT molecular complexity index is 828. The number of esters is 1. The summed E-state index contributed by atoms with van der Waals surface area (Å²) in [7, 11) is 2.98. The highest BCUT2D eigenvalue weighted by Gasteiger charge is 2.29. The Labute approximate surface area is 152 Å². The lowest BCUT2D eigenvalue weighted by Crippen LogP contribution is -2.51. The second-order valence-corrected chi connectivity index (χ2v) is 6.86. The summed E-state index contributed by atoms with van der Waals surface area (Å²) >= 11 is 0. The van der Waals surface area contributed by atoms with Crippen LogP contribution in [0.4, 0.5) is 4.79 Å². The van der Waals surface area contributed by atoms with Gasteiger partial charge in [-0.2, -0.15) is 0 Å². The zero-order valence-electron chi connectivity index (χ0n) is 15.6. The molecule has 2 N–H and O–H groups in total. The van der Waals surface area contributed by atoms with Gasteiger partial charge in [0.15, 0.2) is 0 Å². The molecule has 1 aliphatic heterocycles. The number of nitrogens with one attached hydrogen (secondary N) is 2. The third kappa shape index (κ3) is 3.34. The summed E-state index contributed by atoms with van der Waals surface area (Å²) < 4.78 is 10.1. The van der Waals surface area contributed by atoms with Crippen molar-refractivity contribution in [3.8, 4) is 5.75 Å². The number of nitrogens with zero attached hydrogens (tertiary/aromatic N) is 1. The van der Waals surface area contributed by atoms with Crippen LogP contribution < -0.4 is 10.1 Å². The first-order valence-corrected chi connectivity index (χ1v) is 8.75. The number of H-pyrrole nitrogens is 1. The van der Waals surface area contributed by atoms with E-state index in [1.807, 2.05) is 32.0 Å². The number of benzene rings is 1. The number of rotatable bonds is 4. The minimum Gasteiger partial charge on any atom is -0.497 e. The number of hydrogen-bond acceptors (Lipinski definition) is 4. The van der Waals surface area contributed by atoms with E-state index in [-0.39, 0.29) is 11.9 Å². The van der Waals surface area contributed by atoms with E-state index in [1.54, 1.807) is 12.0 Å². The molecule has 1 atom stereocenters. The molecule has 0 bridgehead atoms. The van der Waals surface area contributed by atoms with Crippen molar-refractivity contribution in [1.29, 1.82) is 0 Å². The van der Waals surface area contributed by atoms with Crippen molar-refractivity contribution in [3.05, 3.63) is 29.5 Å². The topological polar surface area (TPSA) is 83.7 Å². The van der Waals surface area contributed by atoms with Gasteiger partial charge in [-0.15, -0.1) is 0 Å². The zero-order valence-corrected chi connectivity index (χ0v) is 15.6. The maximum Gasteiger partial charge on any atom is 0.328 e. The first-order valence-electron chi connectivity index (χ1n) is 8.75. The number of hydrogen-bond donors (Lipinski definition) is 2. The zero-order chi connectivity index (χ0) is 18.8. The van der Waals surface area contributed by atoms with E-state index < -0.39 is 12.0 Å². The molecule has 7 heteroatoms. The molecule has 2 heterocycles. The molecule has 0 radical (unpaired) electrons. The summed E-state index contributed by atoms with van der Waals surface area (Å²) in [5, 5.41) is 3.93. The van der Waals surface area contributed by atoms with Crippen molar-refractivity contribution >= 4 is 22.9 Å². The SMILES string of the molecule is COC(=O)C(NC(=O)N1CCc2c([nH]c3ccc(OC)cc23)C1)C(C)C. The van der Waals surface area contributed by atoms with Gasteiger partial charge in [-0.05, 0) is 36.1 Å². The molecule has 2 aromatic rings. The Balaban J connectivity index is 1.77. The fourth-order valence-corrected chi connectivity index (χ4v) is 3.37. The van der Waals surface area contributed by atoms with E-state index in [2.05, 4.69) is 10.3 Å². The van der Waals surface area contributed by atoms with Crippen molar-refractivity contribution in [2.45, 2.75) is 32.9 Å².